The number of ether oxygens (including phenoxy) is 2. The molecule has 1 saturated heterocycles. The Balaban J connectivity index is 1.45. The largest absolute Gasteiger partial charge is 0.486 e. The predicted molar refractivity (Wildman–Crippen MR) is 78.3 cm³/mol. The van der Waals surface area contributed by atoms with Crippen molar-refractivity contribution in [2.24, 2.45) is 11.8 Å². The van der Waals surface area contributed by atoms with Crippen molar-refractivity contribution in [3.8, 4) is 5.75 Å². The first-order chi connectivity index (χ1) is 10.6. The molecule has 118 valence electrons. The quantitative estimate of drug-likeness (QED) is 0.810. The number of hydrogen-bond donors (Lipinski definition) is 1. The number of esters is 1. The highest BCUT2D eigenvalue weighted by atomic mass is 16.6. The van der Waals surface area contributed by atoms with E-state index in [0.29, 0.717) is 31.4 Å². The molecule has 0 amide bonds. The number of carbonyl (C=O) groups excluding carboxylic acids is 2. The van der Waals surface area contributed by atoms with E-state index in [9.17, 15) is 14.7 Å². The molecule has 0 spiro atoms. The lowest BCUT2D eigenvalue weighted by molar-refractivity contribution is -0.141. The molecule has 1 heterocycles. The van der Waals surface area contributed by atoms with Gasteiger partial charge in [0.15, 0.2) is 5.78 Å². The van der Waals surface area contributed by atoms with E-state index in [1.807, 2.05) is 18.2 Å². The Bertz CT molecular complexity index is 541. The standard InChI is InChI=1S/C17H20O5/c18-11(10-21-12-4-2-1-3-5-12)6-7-13-14-8-17(20)22-16(14)9-15(13)19/h1-5,13-16,19H,6-10H2/t13-,14?,15-,16?/m0/s1. The molecule has 1 aliphatic carbocycles. The molecule has 1 aromatic rings. The third-order valence-electron chi connectivity index (χ3n) is 4.58. The minimum atomic E-state index is -0.481. The van der Waals surface area contributed by atoms with Crippen LogP contribution in [-0.4, -0.2) is 35.7 Å². The van der Waals surface area contributed by atoms with Gasteiger partial charge >= 0.3 is 5.97 Å². The summed E-state index contributed by atoms with van der Waals surface area (Å²) in [6, 6.07) is 9.20. The van der Waals surface area contributed by atoms with Gasteiger partial charge in [0.25, 0.3) is 0 Å². The van der Waals surface area contributed by atoms with Crippen molar-refractivity contribution in [3.63, 3.8) is 0 Å². The molecule has 0 bridgehead atoms. The number of carbonyl (C=O) groups is 2. The maximum absolute atomic E-state index is 11.9. The average molecular weight is 304 g/mol. The highest BCUT2D eigenvalue weighted by Gasteiger charge is 2.49. The molecule has 3 rings (SSSR count). The summed E-state index contributed by atoms with van der Waals surface area (Å²) < 4.78 is 10.6. The highest BCUT2D eigenvalue weighted by molar-refractivity contribution is 5.80. The lowest BCUT2D eigenvalue weighted by Gasteiger charge is -2.18. The summed E-state index contributed by atoms with van der Waals surface area (Å²) in [6.45, 7) is 0.0380. The summed E-state index contributed by atoms with van der Waals surface area (Å²) >= 11 is 0. The normalized spacial score (nSPS) is 30.0. The van der Waals surface area contributed by atoms with Gasteiger partial charge in [0.2, 0.25) is 0 Å². The number of para-hydroxylation sites is 1. The van der Waals surface area contributed by atoms with Gasteiger partial charge in [-0.3, -0.25) is 9.59 Å². The van der Waals surface area contributed by atoms with Gasteiger partial charge in [-0.05, 0) is 24.5 Å². The monoisotopic (exact) mass is 304 g/mol. The fourth-order valence-electron chi connectivity index (χ4n) is 3.46. The predicted octanol–water partition coefficient (Wildman–Crippen LogP) is 1.73. The molecular weight excluding hydrogens is 284 g/mol. The first-order valence-corrected chi connectivity index (χ1v) is 7.70. The Morgan fingerprint density at radius 2 is 2.09 bits per heavy atom. The van der Waals surface area contributed by atoms with Gasteiger partial charge in [-0.15, -0.1) is 0 Å². The summed E-state index contributed by atoms with van der Waals surface area (Å²) in [5.74, 6) is 0.518. The molecule has 1 aromatic carbocycles. The van der Waals surface area contributed by atoms with Crippen LogP contribution in [0.15, 0.2) is 30.3 Å². The molecule has 4 atom stereocenters. The molecular formula is C17H20O5. The van der Waals surface area contributed by atoms with Crippen molar-refractivity contribution >= 4 is 11.8 Å². The van der Waals surface area contributed by atoms with Crippen LogP contribution in [-0.2, 0) is 14.3 Å². The van der Waals surface area contributed by atoms with Gasteiger partial charge in [0.1, 0.15) is 18.5 Å². The third kappa shape index (κ3) is 3.30. The number of Topliss-reactive ketones (excluding diaryl/α,β-unsaturated/α-hetero) is 1. The second-order valence-corrected chi connectivity index (χ2v) is 6.04. The molecule has 22 heavy (non-hydrogen) atoms. The van der Waals surface area contributed by atoms with E-state index < -0.39 is 6.10 Å². The summed E-state index contributed by atoms with van der Waals surface area (Å²) in [5, 5.41) is 10.1. The molecule has 2 fully saturated rings. The second-order valence-electron chi connectivity index (χ2n) is 6.04. The topological polar surface area (TPSA) is 72.8 Å². The first-order valence-electron chi connectivity index (χ1n) is 7.70. The molecule has 2 aliphatic rings. The lowest BCUT2D eigenvalue weighted by Crippen LogP contribution is -2.22. The van der Waals surface area contributed by atoms with E-state index in [-0.39, 0.29) is 36.3 Å². The number of hydrogen-bond acceptors (Lipinski definition) is 5. The number of fused-ring (bicyclic) bond motifs is 1. The minimum Gasteiger partial charge on any atom is -0.486 e. The molecule has 2 unspecified atom stereocenters. The minimum absolute atomic E-state index is 0.00439. The zero-order valence-corrected chi connectivity index (χ0v) is 12.3. The summed E-state index contributed by atoms with van der Waals surface area (Å²) in [4.78, 5) is 23.2. The fraction of sp³-hybridized carbons (Fsp3) is 0.529. The van der Waals surface area contributed by atoms with Crippen molar-refractivity contribution in [1.82, 2.24) is 0 Å². The molecule has 5 heteroatoms. The van der Waals surface area contributed by atoms with Crippen LogP contribution in [0.25, 0.3) is 0 Å². The van der Waals surface area contributed by atoms with Crippen LogP contribution in [0.3, 0.4) is 0 Å². The van der Waals surface area contributed by atoms with Crippen LogP contribution in [0.4, 0.5) is 0 Å². The zero-order valence-electron chi connectivity index (χ0n) is 12.3. The SMILES string of the molecule is O=C(CC[C@H]1C2CC(=O)OC2C[C@@H]1O)COc1ccccc1. The van der Waals surface area contributed by atoms with Gasteiger partial charge in [-0.2, -0.15) is 0 Å². The Morgan fingerprint density at radius 3 is 2.86 bits per heavy atom. The van der Waals surface area contributed by atoms with Gasteiger partial charge in [0, 0.05) is 18.8 Å². The Labute approximate surface area is 129 Å². The van der Waals surface area contributed by atoms with Crippen LogP contribution in [0.2, 0.25) is 0 Å². The van der Waals surface area contributed by atoms with Crippen LogP contribution in [0.1, 0.15) is 25.7 Å². The van der Waals surface area contributed by atoms with E-state index >= 15 is 0 Å². The maximum Gasteiger partial charge on any atom is 0.306 e. The fourth-order valence-corrected chi connectivity index (χ4v) is 3.46. The number of aliphatic hydroxyl groups is 1. The Morgan fingerprint density at radius 1 is 1.32 bits per heavy atom. The van der Waals surface area contributed by atoms with Crippen molar-refractivity contribution in [2.75, 3.05) is 6.61 Å². The molecule has 5 nitrogen and oxygen atoms in total. The summed E-state index contributed by atoms with van der Waals surface area (Å²) in [7, 11) is 0. The third-order valence-corrected chi connectivity index (χ3v) is 4.58. The van der Waals surface area contributed by atoms with E-state index in [2.05, 4.69) is 0 Å². The van der Waals surface area contributed by atoms with Crippen LogP contribution in [0, 0.1) is 11.8 Å². The van der Waals surface area contributed by atoms with E-state index in [4.69, 9.17) is 9.47 Å². The molecule has 1 saturated carbocycles. The first kappa shape index (κ1) is 15.0. The smallest absolute Gasteiger partial charge is 0.306 e. The second kappa shape index (κ2) is 6.48. The molecule has 0 radical (unpaired) electrons. The number of ketones is 1. The molecule has 1 aliphatic heterocycles. The van der Waals surface area contributed by atoms with Crippen molar-refractivity contribution in [3.05, 3.63) is 30.3 Å². The van der Waals surface area contributed by atoms with Crippen LogP contribution >= 0.6 is 0 Å². The van der Waals surface area contributed by atoms with Gasteiger partial charge in [-0.25, -0.2) is 0 Å². The lowest BCUT2D eigenvalue weighted by atomic mass is 9.87. The zero-order chi connectivity index (χ0) is 15.5. The van der Waals surface area contributed by atoms with E-state index in [0.717, 1.165) is 0 Å². The van der Waals surface area contributed by atoms with Crippen molar-refractivity contribution < 1.29 is 24.2 Å². The van der Waals surface area contributed by atoms with Gasteiger partial charge < -0.3 is 14.6 Å². The molecule has 1 N–H and O–H groups in total. The Hall–Kier alpha value is -1.88. The van der Waals surface area contributed by atoms with E-state index in [1.165, 1.54) is 0 Å². The average Bonchev–Trinajstić information content (AvgIpc) is 2.99. The Kier molecular flexibility index (Phi) is 4.43. The molecule has 0 aromatic heterocycles. The van der Waals surface area contributed by atoms with Gasteiger partial charge in [0.05, 0.1) is 12.5 Å². The summed E-state index contributed by atoms with van der Waals surface area (Å²) in [6.07, 6.45) is 1.15. The highest BCUT2D eigenvalue weighted by Crippen LogP contribution is 2.43. The van der Waals surface area contributed by atoms with Crippen molar-refractivity contribution in [2.45, 2.75) is 37.9 Å². The van der Waals surface area contributed by atoms with E-state index in [1.54, 1.807) is 12.1 Å². The van der Waals surface area contributed by atoms with Gasteiger partial charge in [-0.1, -0.05) is 18.2 Å². The number of benzene rings is 1. The number of rotatable bonds is 6. The maximum atomic E-state index is 11.9. The van der Waals surface area contributed by atoms with Crippen LogP contribution < -0.4 is 4.74 Å². The van der Waals surface area contributed by atoms with Crippen LogP contribution in [0.5, 0.6) is 5.75 Å². The van der Waals surface area contributed by atoms with Crippen molar-refractivity contribution in [1.29, 1.82) is 0 Å². The number of aliphatic hydroxyl groups excluding tert-OH is 1. The summed E-state index contributed by atoms with van der Waals surface area (Å²) in [5.41, 5.74) is 0.